The molecular formula is C18H14F3NO2. The Morgan fingerprint density at radius 3 is 2.08 bits per heavy atom. The van der Waals surface area contributed by atoms with E-state index in [1.54, 1.807) is 0 Å². The van der Waals surface area contributed by atoms with Crippen LogP contribution in [0.15, 0.2) is 36.4 Å². The van der Waals surface area contributed by atoms with Crippen molar-refractivity contribution in [2.45, 2.75) is 19.0 Å². The van der Waals surface area contributed by atoms with E-state index >= 15 is 0 Å². The summed E-state index contributed by atoms with van der Waals surface area (Å²) in [5.74, 6) is -1.34. The first-order valence-electron chi connectivity index (χ1n) is 8.08. The lowest BCUT2D eigenvalue weighted by Crippen LogP contribution is -2.34. The third-order valence-corrected chi connectivity index (χ3v) is 6.28. The van der Waals surface area contributed by atoms with Crippen molar-refractivity contribution in [2.75, 3.05) is 4.90 Å². The smallest absolute Gasteiger partial charge is 0.274 e. The van der Waals surface area contributed by atoms with E-state index in [9.17, 15) is 22.8 Å². The number of carbonyl (C=O) groups excluding carboxylic acids is 2. The number of hydrogen-bond donors (Lipinski definition) is 0. The van der Waals surface area contributed by atoms with E-state index in [1.807, 2.05) is 12.2 Å². The van der Waals surface area contributed by atoms with Gasteiger partial charge in [0.1, 0.15) is 0 Å². The van der Waals surface area contributed by atoms with E-state index < -0.39 is 23.6 Å². The number of rotatable bonds is 1. The van der Waals surface area contributed by atoms with Gasteiger partial charge in [0.25, 0.3) is 0 Å². The van der Waals surface area contributed by atoms with Gasteiger partial charge in [-0.3, -0.25) is 14.5 Å². The normalized spacial score (nSPS) is 35.2. The van der Waals surface area contributed by atoms with Gasteiger partial charge in [0.15, 0.2) is 0 Å². The molecule has 2 amide bonds. The molecule has 6 heteroatoms. The van der Waals surface area contributed by atoms with Crippen LogP contribution in [-0.4, -0.2) is 11.8 Å². The Kier molecular flexibility index (Phi) is 2.44. The van der Waals surface area contributed by atoms with Gasteiger partial charge in [-0.05, 0) is 48.3 Å². The van der Waals surface area contributed by atoms with Crippen molar-refractivity contribution in [3.63, 3.8) is 0 Å². The fourth-order valence-corrected chi connectivity index (χ4v) is 5.15. The molecule has 1 aliphatic heterocycles. The molecule has 3 nitrogen and oxygen atoms in total. The molecule has 4 atom stereocenters. The average Bonchev–Trinajstić information content (AvgIpc) is 3.12. The molecule has 0 unspecified atom stereocenters. The average molecular weight is 333 g/mol. The van der Waals surface area contributed by atoms with Gasteiger partial charge >= 0.3 is 6.18 Å². The van der Waals surface area contributed by atoms with Gasteiger partial charge in [0.2, 0.25) is 11.8 Å². The maximum atomic E-state index is 12.9. The molecule has 2 bridgehead atoms. The van der Waals surface area contributed by atoms with Crippen molar-refractivity contribution in [1.82, 2.24) is 0 Å². The van der Waals surface area contributed by atoms with Gasteiger partial charge in [-0.1, -0.05) is 18.2 Å². The van der Waals surface area contributed by atoms with Crippen LogP contribution < -0.4 is 4.90 Å². The maximum absolute atomic E-state index is 12.9. The Morgan fingerprint density at radius 2 is 1.58 bits per heavy atom. The highest BCUT2D eigenvalue weighted by Gasteiger charge is 2.73. The summed E-state index contributed by atoms with van der Waals surface area (Å²) in [5.41, 5.74) is -0.739. The van der Waals surface area contributed by atoms with Crippen LogP contribution >= 0.6 is 0 Å². The number of anilines is 1. The van der Waals surface area contributed by atoms with Crippen molar-refractivity contribution >= 4 is 17.5 Å². The van der Waals surface area contributed by atoms with Crippen molar-refractivity contribution < 1.29 is 22.8 Å². The molecule has 24 heavy (non-hydrogen) atoms. The highest BCUT2D eigenvalue weighted by atomic mass is 19.4. The number of hydrogen-bond acceptors (Lipinski definition) is 2. The third-order valence-electron chi connectivity index (χ3n) is 6.28. The quantitative estimate of drug-likeness (QED) is 0.583. The lowest BCUT2D eigenvalue weighted by atomic mass is 9.85. The number of halogens is 3. The van der Waals surface area contributed by atoms with Crippen LogP contribution in [0.5, 0.6) is 0 Å². The molecule has 0 N–H and O–H groups in total. The second-order valence-corrected chi connectivity index (χ2v) is 7.28. The summed E-state index contributed by atoms with van der Waals surface area (Å²) in [6.07, 6.45) is 1.65. The summed E-state index contributed by atoms with van der Waals surface area (Å²) in [7, 11) is 0. The number of allylic oxidation sites excluding steroid dienone is 2. The topological polar surface area (TPSA) is 37.4 Å². The number of imide groups is 1. The van der Waals surface area contributed by atoms with E-state index in [4.69, 9.17) is 0 Å². The predicted molar refractivity (Wildman–Crippen MR) is 78.7 cm³/mol. The molecule has 3 aliphatic carbocycles. The monoisotopic (exact) mass is 333 g/mol. The van der Waals surface area contributed by atoms with Crippen molar-refractivity contribution in [1.29, 1.82) is 0 Å². The minimum absolute atomic E-state index is 0.0264. The fraction of sp³-hybridized carbons (Fsp3) is 0.444. The van der Waals surface area contributed by atoms with Gasteiger partial charge < -0.3 is 0 Å². The Bertz CT molecular complexity index is 775. The van der Waals surface area contributed by atoms with Crippen LogP contribution in [0.1, 0.15) is 18.4 Å². The lowest BCUT2D eigenvalue weighted by Gasteiger charge is -2.22. The zero-order valence-electron chi connectivity index (χ0n) is 12.6. The van der Waals surface area contributed by atoms with Crippen LogP contribution in [0.3, 0.4) is 0 Å². The number of fused-ring (bicyclic) bond motifs is 3. The van der Waals surface area contributed by atoms with Gasteiger partial charge in [-0.25, -0.2) is 0 Å². The fourth-order valence-electron chi connectivity index (χ4n) is 5.15. The Hall–Kier alpha value is -2.11. The van der Waals surface area contributed by atoms with E-state index in [0.717, 1.165) is 29.9 Å². The van der Waals surface area contributed by atoms with Crippen LogP contribution in [0.25, 0.3) is 0 Å². The summed E-state index contributed by atoms with van der Waals surface area (Å²) in [5, 5.41) is 0. The zero-order valence-corrected chi connectivity index (χ0v) is 12.6. The molecule has 0 radical (unpaired) electrons. The third kappa shape index (κ3) is 1.54. The first kappa shape index (κ1) is 14.3. The van der Waals surface area contributed by atoms with Gasteiger partial charge in [-0.15, -0.1) is 0 Å². The molecule has 1 spiro atoms. The summed E-state index contributed by atoms with van der Waals surface area (Å²) in [6, 6.07) is 4.47. The minimum atomic E-state index is -4.50. The molecule has 1 aromatic rings. The van der Waals surface area contributed by atoms with Crippen molar-refractivity contribution in [2.24, 2.45) is 29.1 Å². The molecule has 1 saturated heterocycles. The van der Waals surface area contributed by atoms with Crippen molar-refractivity contribution in [3.05, 3.63) is 42.0 Å². The first-order valence-corrected chi connectivity index (χ1v) is 8.08. The molecule has 2 saturated carbocycles. The highest BCUT2D eigenvalue weighted by Crippen LogP contribution is 2.73. The molecular weight excluding hydrogens is 319 g/mol. The van der Waals surface area contributed by atoms with Crippen LogP contribution in [-0.2, 0) is 15.8 Å². The highest BCUT2D eigenvalue weighted by molar-refractivity contribution is 6.23. The largest absolute Gasteiger partial charge is 0.416 e. The molecule has 3 fully saturated rings. The van der Waals surface area contributed by atoms with Crippen molar-refractivity contribution in [3.8, 4) is 0 Å². The number of amides is 2. The number of alkyl halides is 3. The summed E-state index contributed by atoms with van der Waals surface area (Å²) >= 11 is 0. The second kappa shape index (κ2) is 4.10. The summed E-state index contributed by atoms with van der Waals surface area (Å²) in [6.45, 7) is 0. The zero-order chi connectivity index (χ0) is 16.9. The van der Waals surface area contributed by atoms with E-state index in [-0.39, 0.29) is 34.8 Å². The van der Waals surface area contributed by atoms with Gasteiger partial charge in [0, 0.05) is 0 Å². The first-order chi connectivity index (χ1) is 11.3. The van der Waals surface area contributed by atoms with Gasteiger partial charge in [0.05, 0.1) is 23.1 Å². The Morgan fingerprint density at radius 1 is 1.00 bits per heavy atom. The van der Waals surface area contributed by atoms with Crippen LogP contribution in [0.2, 0.25) is 0 Å². The maximum Gasteiger partial charge on any atom is 0.416 e. The molecule has 124 valence electrons. The summed E-state index contributed by atoms with van der Waals surface area (Å²) < 4.78 is 38.8. The predicted octanol–water partition coefficient (Wildman–Crippen LogP) is 3.41. The number of nitrogens with zero attached hydrogens (tertiary/aromatic N) is 1. The van der Waals surface area contributed by atoms with Gasteiger partial charge in [-0.2, -0.15) is 13.2 Å². The lowest BCUT2D eigenvalue weighted by molar-refractivity contribution is -0.137. The number of carbonyl (C=O) groups is 2. The minimum Gasteiger partial charge on any atom is -0.274 e. The number of benzene rings is 1. The summed E-state index contributed by atoms with van der Waals surface area (Å²) in [4.78, 5) is 26.7. The van der Waals surface area contributed by atoms with E-state index in [0.29, 0.717) is 0 Å². The SMILES string of the molecule is O=C1[C@@H]2[C@H](C(=O)N1c1cccc(C(F)(F)F)c1)[C@H]1C=C[C@@H]2C12CC2. The van der Waals surface area contributed by atoms with Crippen LogP contribution in [0.4, 0.5) is 18.9 Å². The Balaban J connectivity index is 1.54. The molecule has 0 aromatic heterocycles. The van der Waals surface area contributed by atoms with E-state index in [2.05, 4.69) is 0 Å². The second-order valence-electron chi connectivity index (χ2n) is 7.28. The molecule has 1 aromatic carbocycles. The standard InChI is InChI=1S/C18H14F3NO2/c19-18(20,21)9-2-1-3-10(8-9)22-15(23)13-11-4-5-12(14(13)16(22)24)17(11)6-7-17/h1-5,8,11-14H,6-7H2/t11-,12+,13-,14+. The molecule has 1 heterocycles. The molecule has 5 rings (SSSR count). The van der Waals surface area contributed by atoms with E-state index in [1.165, 1.54) is 12.1 Å². The van der Waals surface area contributed by atoms with Crippen LogP contribution in [0, 0.1) is 29.1 Å². The Labute approximate surface area is 136 Å². The molecule has 4 aliphatic rings.